The number of aromatic hydroxyl groups is 1. The Morgan fingerprint density at radius 3 is 2.36 bits per heavy atom. The van der Waals surface area contributed by atoms with Crippen molar-refractivity contribution >= 4 is 37.4 Å². The van der Waals surface area contributed by atoms with E-state index in [0.29, 0.717) is 5.56 Å². The molecule has 0 bridgehead atoms. The average Bonchev–Trinajstić information content (AvgIpc) is 2.88. The summed E-state index contributed by atoms with van der Waals surface area (Å²) in [6.07, 6.45) is 1.67. The van der Waals surface area contributed by atoms with Crippen LogP contribution in [0.2, 0.25) is 0 Å². The van der Waals surface area contributed by atoms with E-state index in [9.17, 15) is 31.8 Å². The van der Waals surface area contributed by atoms with Gasteiger partial charge in [0.1, 0.15) is 12.3 Å². The summed E-state index contributed by atoms with van der Waals surface area (Å²) < 4.78 is 56.5. The van der Waals surface area contributed by atoms with Crippen LogP contribution in [0.25, 0.3) is 0 Å². The van der Waals surface area contributed by atoms with Crippen molar-refractivity contribution in [3.05, 3.63) is 48.0 Å². The van der Waals surface area contributed by atoms with E-state index in [0.717, 1.165) is 42.2 Å². The second-order valence-electron chi connectivity index (χ2n) is 9.40. The zero-order valence-electron chi connectivity index (χ0n) is 22.2. The van der Waals surface area contributed by atoms with Gasteiger partial charge in [-0.3, -0.25) is 9.52 Å². The van der Waals surface area contributed by atoms with Crippen molar-refractivity contribution in [3.8, 4) is 5.75 Å². The number of hydrogen-bond donors (Lipinski definition) is 4. The fraction of sp³-hybridized carbons (Fsp3) is 0.480. The van der Waals surface area contributed by atoms with Crippen LogP contribution in [0.5, 0.6) is 5.75 Å². The van der Waals surface area contributed by atoms with Crippen molar-refractivity contribution < 1.29 is 36.6 Å². The van der Waals surface area contributed by atoms with Gasteiger partial charge in [-0.15, -0.1) is 0 Å². The SMILES string of the molecule is CCOC(=O)CN(C)S(=O)(=O)c1ccc(N2CCC(NC[C@@H](O)c3ccc(O)c(NS(C)(=O)=O)c3)CC2)cc1. The quantitative estimate of drug-likeness (QED) is 0.211. The van der Waals surface area contributed by atoms with Crippen LogP contribution < -0.4 is 14.9 Å². The third-order valence-electron chi connectivity index (χ3n) is 6.36. The first-order valence-electron chi connectivity index (χ1n) is 12.5. The molecule has 0 unspecified atom stereocenters. The van der Waals surface area contributed by atoms with Gasteiger partial charge in [-0.1, -0.05) is 6.07 Å². The molecule has 2 aromatic carbocycles. The highest BCUT2D eigenvalue weighted by Crippen LogP contribution is 2.28. The van der Waals surface area contributed by atoms with Crippen molar-refractivity contribution in [2.75, 3.05) is 55.7 Å². The molecule has 1 saturated heterocycles. The molecular weight excluding hydrogens is 548 g/mol. The van der Waals surface area contributed by atoms with Crippen molar-refractivity contribution in [1.29, 1.82) is 0 Å². The lowest BCUT2D eigenvalue weighted by molar-refractivity contribution is -0.143. The van der Waals surface area contributed by atoms with Gasteiger partial charge in [-0.05, 0) is 61.7 Å². The van der Waals surface area contributed by atoms with Crippen LogP contribution in [-0.4, -0.2) is 89.5 Å². The lowest BCUT2D eigenvalue weighted by Crippen LogP contribution is -2.43. The number of hydrogen-bond acceptors (Lipinski definition) is 10. The number of benzene rings is 2. The molecule has 1 fully saturated rings. The summed E-state index contributed by atoms with van der Waals surface area (Å²) in [6, 6.07) is 11.0. The van der Waals surface area contributed by atoms with Gasteiger partial charge in [0.15, 0.2) is 0 Å². The summed E-state index contributed by atoms with van der Waals surface area (Å²) in [7, 11) is -6.07. The summed E-state index contributed by atoms with van der Waals surface area (Å²) in [5.74, 6) is -0.841. The van der Waals surface area contributed by atoms with Crippen LogP contribution in [0.4, 0.5) is 11.4 Å². The first-order valence-corrected chi connectivity index (χ1v) is 15.8. The van der Waals surface area contributed by atoms with E-state index in [1.165, 1.54) is 37.4 Å². The number of sulfonamides is 2. The number of ether oxygens (including phenoxy) is 1. The van der Waals surface area contributed by atoms with Crippen molar-refractivity contribution in [1.82, 2.24) is 9.62 Å². The van der Waals surface area contributed by atoms with Gasteiger partial charge in [0.05, 0.1) is 29.5 Å². The Kier molecular flexibility index (Phi) is 10.2. The van der Waals surface area contributed by atoms with E-state index in [1.807, 2.05) is 0 Å². The number of carbonyl (C=O) groups is 1. The van der Waals surface area contributed by atoms with Crippen molar-refractivity contribution in [2.45, 2.75) is 36.8 Å². The number of aliphatic hydroxyl groups is 1. The summed E-state index contributed by atoms with van der Waals surface area (Å²) in [5, 5.41) is 23.8. The molecule has 0 amide bonds. The molecule has 2 aromatic rings. The van der Waals surface area contributed by atoms with Gasteiger partial charge in [0.25, 0.3) is 0 Å². The maximum atomic E-state index is 12.8. The zero-order chi connectivity index (χ0) is 28.8. The van der Waals surface area contributed by atoms with Gasteiger partial charge in [-0.25, -0.2) is 16.8 Å². The van der Waals surface area contributed by atoms with Gasteiger partial charge in [0.2, 0.25) is 20.0 Å². The van der Waals surface area contributed by atoms with Crippen LogP contribution in [0.3, 0.4) is 0 Å². The second kappa shape index (κ2) is 13.0. The number of aliphatic hydroxyl groups excluding tert-OH is 1. The molecule has 1 aliphatic rings. The minimum Gasteiger partial charge on any atom is -0.506 e. The third kappa shape index (κ3) is 8.54. The normalized spacial score (nSPS) is 15.8. The second-order valence-corrected chi connectivity index (χ2v) is 13.2. The van der Waals surface area contributed by atoms with E-state index >= 15 is 0 Å². The molecule has 1 atom stereocenters. The fourth-order valence-electron chi connectivity index (χ4n) is 4.26. The number of esters is 1. The number of nitrogens with one attached hydrogen (secondary N) is 2. The Balaban J connectivity index is 1.51. The highest BCUT2D eigenvalue weighted by molar-refractivity contribution is 7.92. The van der Waals surface area contributed by atoms with E-state index in [2.05, 4.69) is 14.9 Å². The van der Waals surface area contributed by atoms with Gasteiger partial charge in [-0.2, -0.15) is 4.31 Å². The van der Waals surface area contributed by atoms with E-state index in [4.69, 9.17) is 4.74 Å². The number of phenols is 1. The molecule has 0 aromatic heterocycles. The topological polar surface area (TPSA) is 166 Å². The summed E-state index contributed by atoms with van der Waals surface area (Å²) in [6.45, 7) is 3.18. The molecular formula is C25H36N4O8S2. The Morgan fingerprint density at radius 1 is 1.13 bits per heavy atom. The minimum absolute atomic E-state index is 0.00631. The van der Waals surface area contributed by atoms with Crippen LogP contribution in [0, 0.1) is 0 Å². The maximum absolute atomic E-state index is 12.8. The highest BCUT2D eigenvalue weighted by atomic mass is 32.2. The molecule has 0 aliphatic carbocycles. The molecule has 4 N–H and O–H groups in total. The minimum atomic E-state index is -3.83. The number of anilines is 2. The van der Waals surface area contributed by atoms with Crippen LogP contribution in [0.1, 0.15) is 31.4 Å². The molecule has 1 heterocycles. The number of phenolic OH excluding ortho intramolecular Hbond substituents is 1. The van der Waals surface area contributed by atoms with Gasteiger partial charge >= 0.3 is 5.97 Å². The van der Waals surface area contributed by atoms with Gasteiger partial charge in [0, 0.05) is 38.4 Å². The Morgan fingerprint density at radius 2 is 1.77 bits per heavy atom. The summed E-state index contributed by atoms with van der Waals surface area (Å²) in [4.78, 5) is 13.9. The molecule has 39 heavy (non-hydrogen) atoms. The number of piperidine rings is 1. The summed E-state index contributed by atoms with van der Waals surface area (Å²) in [5.41, 5.74) is 1.36. The molecule has 1 aliphatic heterocycles. The predicted molar refractivity (Wildman–Crippen MR) is 148 cm³/mol. The van der Waals surface area contributed by atoms with Crippen LogP contribution in [-0.2, 0) is 29.6 Å². The standard InChI is InChI=1S/C25H36N4O8S2/c1-4-37-25(32)17-28(2)39(35,36)21-8-6-20(7-9-21)29-13-11-19(12-14-29)26-16-24(31)18-5-10-23(30)22(15-18)27-38(3,33)34/h5-10,15,19,24,26-27,30-31H,4,11-14,16-17H2,1-3H3/t24-/m1/s1. The third-order valence-corrected chi connectivity index (χ3v) is 8.77. The lowest BCUT2D eigenvalue weighted by atomic mass is 10.0. The molecule has 0 spiro atoms. The molecule has 0 saturated carbocycles. The number of likely N-dealkylation sites (N-methyl/N-ethyl adjacent to an activating group) is 1. The van der Waals surface area contributed by atoms with Crippen molar-refractivity contribution in [3.63, 3.8) is 0 Å². The number of nitrogens with zero attached hydrogens (tertiary/aromatic N) is 2. The summed E-state index contributed by atoms with van der Waals surface area (Å²) >= 11 is 0. The zero-order valence-corrected chi connectivity index (χ0v) is 23.8. The van der Waals surface area contributed by atoms with Crippen molar-refractivity contribution in [2.24, 2.45) is 0 Å². The number of carbonyl (C=O) groups excluding carboxylic acids is 1. The van der Waals surface area contributed by atoms with Crippen LogP contribution >= 0.6 is 0 Å². The van der Waals surface area contributed by atoms with Gasteiger partial charge < -0.3 is 25.2 Å². The lowest BCUT2D eigenvalue weighted by Gasteiger charge is -2.34. The predicted octanol–water partition coefficient (Wildman–Crippen LogP) is 1.24. The van der Waals surface area contributed by atoms with Crippen LogP contribution in [0.15, 0.2) is 47.4 Å². The molecule has 0 radical (unpaired) electrons. The van der Waals surface area contributed by atoms with E-state index < -0.39 is 32.1 Å². The fourth-order valence-corrected chi connectivity index (χ4v) is 5.94. The Hall–Kier alpha value is -2.91. The highest BCUT2D eigenvalue weighted by Gasteiger charge is 2.25. The maximum Gasteiger partial charge on any atom is 0.321 e. The molecule has 216 valence electrons. The smallest absolute Gasteiger partial charge is 0.321 e. The van der Waals surface area contributed by atoms with E-state index in [1.54, 1.807) is 19.1 Å². The first kappa shape index (κ1) is 30.6. The molecule has 14 heteroatoms. The molecule has 12 nitrogen and oxygen atoms in total. The average molecular weight is 585 g/mol. The largest absolute Gasteiger partial charge is 0.506 e. The van der Waals surface area contributed by atoms with E-state index in [-0.39, 0.29) is 42.1 Å². The monoisotopic (exact) mass is 584 g/mol. The Labute approximate surface area is 229 Å². The molecule has 3 rings (SSSR count). The Bertz CT molecular complexity index is 1340. The first-order chi connectivity index (χ1) is 18.3. The number of rotatable bonds is 12.